The van der Waals surface area contributed by atoms with Crippen LogP contribution in [0, 0.1) is 24.6 Å². The van der Waals surface area contributed by atoms with E-state index in [9.17, 15) is 8.78 Å². The predicted octanol–water partition coefficient (Wildman–Crippen LogP) is 4.62. The van der Waals surface area contributed by atoms with Crippen LogP contribution < -0.4 is 0 Å². The van der Waals surface area contributed by atoms with E-state index in [0.717, 1.165) is 37.3 Å². The highest BCUT2D eigenvalue weighted by atomic mass is 19.1. The predicted molar refractivity (Wildman–Crippen MR) is 91.9 cm³/mol. The highest BCUT2D eigenvalue weighted by Gasteiger charge is 2.28. The molecule has 0 bridgehead atoms. The molecule has 0 aromatic heterocycles. The number of ether oxygens (including phenoxy) is 1. The smallest absolute Gasteiger partial charge is 0.123 e. The highest BCUT2D eigenvalue weighted by Crippen LogP contribution is 2.29. The van der Waals surface area contributed by atoms with Crippen LogP contribution in [0.15, 0.2) is 30.2 Å². The normalized spacial score (nSPS) is 29.6. The van der Waals surface area contributed by atoms with Crippen molar-refractivity contribution in [2.75, 3.05) is 19.7 Å². The van der Waals surface area contributed by atoms with Gasteiger partial charge in [0.2, 0.25) is 0 Å². The molecule has 0 N–H and O–H groups in total. The van der Waals surface area contributed by atoms with Gasteiger partial charge in [-0.15, -0.1) is 0 Å². The second kappa shape index (κ2) is 7.54. The summed E-state index contributed by atoms with van der Waals surface area (Å²) in [5, 5.41) is 0. The first-order chi connectivity index (χ1) is 11.5. The minimum atomic E-state index is -0.799. The first kappa shape index (κ1) is 17.2. The molecule has 2 fully saturated rings. The third-order valence-electron chi connectivity index (χ3n) is 5.33. The first-order valence-corrected chi connectivity index (χ1v) is 9.00. The van der Waals surface area contributed by atoms with Crippen molar-refractivity contribution in [3.05, 3.63) is 47.1 Å². The van der Waals surface area contributed by atoms with Crippen LogP contribution in [-0.4, -0.2) is 30.8 Å². The van der Waals surface area contributed by atoms with E-state index in [-0.39, 0.29) is 11.7 Å². The fourth-order valence-electron chi connectivity index (χ4n) is 3.76. The molecule has 3 atom stereocenters. The standard InChI is InChI=1S/C20H27F2NO/c1-14-10-18(21)6-5-17(14)11-16-4-3-8-23(12-16)13-20-15(2)19(22)7-9-24-20/h5-6,10,13,15-16,19H,3-4,7-9,11-12H2,1-2H3/b20-13-/t15-,16?,19+/m1/s1. The monoisotopic (exact) mass is 335 g/mol. The fraction of sp³-hybridized carbons (Fsp3) is 0.600. The van der Waals surface area contributed by atoms with Crippen LogP contribution in [0.3, 0.4) is 0 Å². The minimum Gasteiger partial charge on any atom is -0.496 e. The number of allylic oxidation sites excluding steroid dienone is 1. The van der Waals surface area contributed by atoms with Gasteiger partial charge in [-0.25, -0.2) is 8.78 Å². The van der Waals surface area contributed by atoms with E-state index in [1.807, 2.05) is 26.1 Å². The van der Waals surface area contributed by atoms with Crippen molar-refractivity contribution in [2.45, 2.75) is 45.7 Å². The van der Waals surface area contributed by atoms with Crippen LogP contribution in [0.25, 0.3) is 0 Å². The number of nitrogens with zero attached hydrogens (tertiary/aromatic N) is 1. The van der Waals surface area contributed by atoms with Crippen LogP contribution in [0.1, 0.15) is 37.3 Å². The Morgan fingerprint density at radius 1 is 1.33 bits per heavy atom. The Labute approximate surface area is 143 Å². The third kappa shape index (κ3) is 4.08. The maximum atomic E-state index is 13.9. The lowest BCUT2D eigenvalue weighted by molar-refractivity contribution is 0.0622. The van der Waals surface area contributed by atoms with Gasteiger partial charge in [0.25, 0.3) is 0 Å². The molecule has 4 heteroatoms. The van der Waals surface area contributed by atoms with E-state index in [1.165, 1.54) is 12.0 Å². The maximum Gasteiger partial charge on any atom is 0.123 e. The summed E-state index contributed by atoms with van der Waals surface area (Å²) in [7, 11) is 0. The topological polar surface area (TPSA) is 12.5 Å². The van der Waals surface area contributed by atoms with Crippen molar-refractivity contribution < 1.29 is 13.5 Å². The molecule has 2 aliphatic heterocycles. The lowest BCUT2D eigenvalue weighted by Crippen LogP contribution is -2.34. The van der Waals surface area contributed by atoms with Gasteiger partial charge in [0.15, 0.2) is 0 Å². The molecule has 3 rings (SSSR count). The van der Waals surface area contributed by atoms with Crippen molar-refractivity contribution in [1.29, 1.82) is 0 Å². The SMILES string of the molecule is Cc1cc(F)ccc1CC1CCCN(/C=C2\OCC[C@H](F)[C@H]2C)C1. The number of likely N-dealkylation sites (tertiary alicyclic amines) is 1. The van der Waals surface area contributed by atoms with Gasteiger partial charge in [-0.1, -0.05) is 13.0 Å². The summed E-state index contributed by atoms with van der Waals surface area (Å²) in [4.78, 5) is 2.27. The molecule has 0 amide bonds. The quantitative estimate of drug-likeness (QED) is 0.799. The van der Waals surface area contributed by atoms with Crippen LogP contribution in [0.4, 0.5) is 8.78 Å². The second-order valence-corrected chi connectivity index (χ2v) is 7.25. The molecule has 0 saturated carbocycles. The molecule has 2 nitrogen and oxygen atoms in total. The van der Waals surface area contributed by atoms with Crippen molar-refractivity contribution >= 4 is 0 Å². The summed E-state index contributed by atoms with van der Waals surface area (Å²) < 4.78 is 32.8. The molecule has 132 valence electrons. The maximum absolute atomic E-state index is 13.9. The summed E-state index contributed by atoms with van der Waals surface area (Å²) in [5.41, 5.74) is 2.25. The summed E-state index contributed by atoms with van der Waals surface area (Å²) in [5.74, 6) is 1.00. The zero-order valence-electron chi connectivity index (χ0n) is 14.6. The van der Waals surface area contributed by atoms with Gasteiger partial charge in [0, 0.05) is 31.6 Å². The molecule has 0 aliphatic carbocycles. The average Bonchev–Trinajstić information content (AvgIpc) is 2.55. The molecule has 1 aromatic carbocycles. The summed E-state index contributed by atoms with van der Waals surface area (Å²) in [6.07, 6.45) is 4.99. The Morgan fingerprint density at radius 2 is 2.17 bits per heavy atom. The summed E-state index contributed by atoms with van der Waals surface area (Å²) >= 11 is 0. The van der Waals surface area contributed by atoms with Gasteiger partial charge in [0.1, 0.15) is 17.7 Å². The molecule has 0 radical (unpaired) electrons. The number of hydrogen-bond acceptors (Lipinski definition) is 2. The van der Waals surface area contributed by atoms with Gasteiger partial charge in [-0.3, -0.25) is 0 Å². The van der Waals surface area contributed by atoms with Gasteiger partial charge in [-0.2, -0.15) is 0 Å². The first-order valence-electron chi connectivity index (χ1n) is 9.00. The molecule has 2 heterocycles. The molecular formula is C20H27F2NO. The van der Waals surface area contributed by atoms with Crippen LogP contribution in [-0.2, 0) is 11.2 Å². The molecular weight excluding hydrogens is 308 g/mol. The number of halogens is 2. The largest absolute Gasteiger partial charge is 0.496 e. The number of benzene rings is 1. The number of piperidine rings is 1. The van der Waals surface area contributed by atoms with Gasteiger partial charge in [-0.05, 0) is 55.4 Å². The van der Waals surface area contributed by atoms with E-state index in [2.05, 4.69) is 4.90 Å². The number of alkyl halides is 1. The van der Waals surface area contributed by atoms with Gasteiger partial charge < -0.3 is 9.64 Å². The molecule has 24 heavy (non-hydrogen) atoms. The number of hydrogen-bond donors (Lipinski definition) is 0. The molecule has 1 unspecified atom stereocenters. The molecule has 2 aliphatic rings. The lowest BCUT2D eigenvalue weighted by Gasteiger charge is -2.34. The van der Waals surface area contributed by atoms with Gasteiger partial charge >= 0.3 is 0 Å². The van der Waals surface area contributed by atoms with Crippen molar-refractivity contribution in [3.8, 4) is 0 Å². The van der Waals surface area contributed by atoms with E-state index >= 15 is 0 Å². The Bertz CT molecular complexity index is 601. The Kier molecular flexibility index (Phi) is 5.42. The average molecular weight is 335 g/mol. The number of rotatable bonds is 3. The van der Waals surface area contributed by atoms with Crippen molar-refractivity contribution in [1.82, 2.24) is 4.90 Å². The second-order valence-electron chi connectivity index (χ2n) is 7.25. The molecule has 2 saturated heterocycles. The minimum absolute atomic E-state index is 0.154. The number of aryl methyl sites for hydroxylation is 1. The Morgan fingerprint density at radius 3 is 2.96 bits per heavy atom. The van der Waals surface area contributed by atoms with Gasteiger partial charge in [0.05, 0.1) is 6.61 Å². The Balaban J connectivity index is 1.64. The highest BCUT2D eigenvalue weighted by molar-refractivity contribution is 5.27. The zero-order valence-corrected chi connectivity index (χ0v) is 14.6. The van der Waals surface area contributed by atoms with E-state index in [4.69, 9.17) is 4.74 Å². The molecule has 1 aromatic rings. The van der Waals surface area contributed by atoms with E-state index < -0.39 is 6.17 Å². The van der Waals surface area contributed by atoms with Crippen molar-refractivity contribution in [2.24, 2.45) is 11.8 Å². The summed E-state index contributed by atoms with van der Waals surface area (Å²) in [6.45, 7) is 6.30. The van der Waals surface area contributed by atoms with E-state index in [1.54, 1.807) is 12.1 Å². The van der Waals surface area contributed by atoms with Crippen LogP contribution in [0.5, 0.6) is 0 Å². The van der Waals surface area contributed by atoms with Crippen LogP contribution in [0.2, 0.25) is 0 Å². The Hall–Kier alpha value is -1.58. The molecule has 0 spiro atoms. The zero-order chi connectivity index (χ0) is 17.1. The third-order valence-corrected chi connectivity index (χ3v) is 5.33. The summed E-state index contributed by atoms with van der Waals surface area (Å²) in [6, 6.07) is 5.06. The van der Waals surface area contributed by atoms with Crippen molar-refractivity contribution in [3.63, 3.8) is 0 Å². The van der Waals surface area contributed by atoms with Crippen LogP contribution >= 0.6 is 0 Å². The fourth-order valence-corrected chi connectivity index (χ4v) is 3.76. The lowest BCUT2D eigenvalue weighted by atomic mass is 9.89. The van der Waals surface area contributed by atoms with E-state index in [0.29, 0.717) is 18.9 Å².